The topological polar surface area (TPSA) is 101 Å². The van der Waals surface area contributed by atoms with Gasteiger partial charge in [0.15, 0.2) is 6.29 Å². The van der Waals surface area contributed by atoms with Crippen molar-refractivity contribution >= 4 is 43.8 Å². The van der Waals surface area contributed by atoms with Gasteiger partial charge in [0, 0.05) is 13.0 Å². The highest BCUT2D eigenvalue weighted by molar-refractivity contribution is 9.10. The Hall–Kier alpha value is -2.40. The number of halogens is 2. The summed E-state index contributed by atoms with van der Waals surface area (Å²) in [5.41, 5.74) is 0.989. The molecule has 2 fully saturated rings. The molecule has 1 saturated heterocycles. The van der Waals surface area contributed by atoms with Gasteiger partial charge in [-0.2, -0.15) is 0 Å². The highest BCUT2D eigenvalue weighted by Gasteiger charge is 2.24. The van der Waals surface area contributed by atoms with Crippen molar-refractivity contribution < 1.29 is 38.4 Å². The predicted molar refractivity (Wildman–Crippen MR) is 137 cm³/mol. The molecule has 1 atom stereocenters. The van der Waals surface area contributed by atoms with Gasteiger partial charge in [-0.25, -0.2) is 9.59 Å². The van der Waals surface area contributed by atoms with Crippen LogP contribution in [0.1, 0.15) is 46.4 Å². The fourth-order valence-corrected chi connectivity index (χ4v) is 3.64. The van der Waals surface area contributed by atoms with Gasteiger partial charge in [0.25, 0.3) is 0 Å². The lowest BCUT2D eigenvalue weighted by Gasteiger charge is -2.07. The summed E-state index contributed by atoms with van der Waals surface area (Å²) in [5.74, 6) is 0.669. The van der Waals surface area contributed by atoms with E-state index in [-0.39, 0.29) is 11.9 Å². The molecule has 2 aliphatic rings. The van der Waals surface area contributed by atoms with Crippen molar-refractivity contribution in [1.82, 2.24) is 0 Å². The number of carbonyl (C=O) groups is 2. The molecule has 1 aliphatic carbocycles. The van der Waals surface area contributed by atoms with Gasteiger partial charge in [-0.3, -0.25) is 0 Å². The third kappa shape index (κ3) is 10.0. The average Bonchev–Trinajstić information content (AvgIpc) is 3.56. The van der Waals surface area contributed by atoms with Crippen LogP contribution in [0.4, 0.5) is 0 Å². The van der Waals surface area contributed by atoms with Crippen LogP contribution in [-0.2, 0) is 14.2 Å². The van der Waals surface area contributed by atoms with E-state index in [1.165, 1.54) is 20.5 Å². The molecule has 1 heterocycles. The Morgan fingerprint density at radius 2 is 1.51 bits per heavy atom. The number of hydrogen-bond acceptors (Lipinski definition) is 8. The molecule has 1 unspecified atom stereocenters. The summed E-state index contributed by atoms with van der Waals surface area (Å²) < 4.78 is 26.1. The smallest absolute Gasteiger partial charge is 0.337 e. The van der Waals surface area contributed by atoms with Crippen molar-refractivity contribution in [2.45, 2.75) is 38.1 Å². The highest BCUT2D eigenvalue weighted by atomic mass is 79.9. The largest absolute Gasteiger partial charge is 0.489 e. The number of benzene rings is 2. The zero-order valence-electron chi connectivity index (χ0n) is 19.5. The van der Waals surface area contributed by atoms with Gasteiger partial charge in [-0.15, -0.1) is 0 Å². The summed E-state index contributed by atoms with van der Waals surface area (Å²) >= 11 is 6.63. The third-order valence-electron chi connectivity index (χ3n) is 4.64. The van der Waals surface area contributed by atoms with Crippen LogP contribution in [0.3, 0.4) is 0 Å². The van der Waals surface area contributed by atoms with Crippen LogP contribution in [-0.4, -0.2) is 50.3 Å². The maximum atomic E-state index is 11.2. The lowest BCUT2D eigenvalue weighted by Crippen LogP contribution is -2.02. The Morgan fingerprint density at radius 3 is 1.86 bits per heavy atom. The summed E-state index contributed by atoms with van der Waals surface area (Å²) in [6.07, 6.45) is 5.28. The molecule has 2 aromatic rings. The minimum Gasteiger partial charge on any atom is -0.489 e. The van der Waals surface area contributed by atoms with E-state index in [1.54, 1.807) is 36.4 Å². The highest BCUT2D eigenvalue weighted by Crippen LogP contribution is 2.32. The van der Waals surface area contributed by atoms with Gasteiger partial charge in [0.2, 0.25) is 0 Å². The van der Waals surface area contributed by atoms with Crippen LogP contribution >= 0.6 is 31.9 Å². The van der Waals surface area contributed by atoms with Crippen molar-refractivity contribution in [3.05, 3.63) is 69.3 Å². The zero-order valence-corrected chi connectivity index (χ0v) is 22.7. The van der Waals surface area contributed by atoms with Crippen molar-refractivity contribution in [1.29, 1.82) is 0 Å². The van der Waals surface area contributed by atoms with Crippen LogP contribution in [0.2, 0.25) is 0 Å². The van der Waals surface area contributed by atoms with E-state index in [9.17, 15) is 9.59 Å². The maximum absolute atomic E-state index is 11.2. The second kappa shape index (κ2) is 14.9. The predicted octanol–water partition coefficient (Wildman–Crippen LogP) is 5.65. The number of aliphatic hydroxyl groups is 1. The van der Waals surface area contributed by atoms with Crippen molar-refractivity contribution in [3.63, 3.8) is 0 Å². The molecule has 1 N–H and O–H groups in total. The minimum absolute atomic E-state index is 0.339. The molecule has 0 spiro atoms. The van der Waals surface area contributed by atoms with Crippen molar-refractivity contribution in [2.75, 3.05) is 20.8 Å². The molecule has 190 valence electrons. The van der Waals surface area contributed by atoms with Gasteiger partial charge < -0.3 is 28.8 Å². The molecule has 2 aromatic carbocycles. The van der Waals surface area contributed by atoms with Crippen LogP contribution in [0.15, 0.2) is 58.2 Å². The second-order valence-electron chi connectivity index (χ2n) is 7.34. The normalized spacial score (nSPS) is 16.0. The van der Waals surface area contributed by atoms with Gasteiger partial charge in [-0.1, -0.05) is 6.58 Å². The lowest BCUT2D eigenvalue weighted by atomic mass is 10.2. The number of carbonyl (C=O) groups excluding carboxylic acids is 2. The van der Waals surface area contributed by atoms with E-state index in [4.69, 9.17) is 19.3 Å². The molecule has 10 heteroatoms. The molecular weight excluding hydrogens is 588 g/mol. The van der Waals surface area contributed by atoms with Crippen molar-refractivity contribution in [2.24, 2.45) is 0 Å². The number of ether oxygens (including phenoxy) is 5. The van der Waals surface area contributed by atoms with Gasteiger partial charge in [-0.05, 0) is 87.5 Å². The summed E-state index contributed by atoms with van der Waals surface area (Å²) in [4.78, 5) is 22.4. The maximum Gasteiger partial charge on any atom is 0.337 e. The fraction of sp³-hybridized carbons (Fsp3) is 0.360. The first-order chi connectivity index (χ1) is 16.8. The molecule has 0 amide bonds. The number of hydrogen-bond donors (Lipinski definition) is 1. The molecule has 1 aliphatic heterocycles. The number of methoxy groups -OCH3 is 2. The molecular formula is C25H28Br2O8. The van der Waals surface area contributed by atoms with Crippen LogP contribution in [0, 0.1) is 0 Å². The van der Waals surface area contributed by atoms with Gasteiger partial charge in [0.1, 0.15) is 11.5 Å². The van der Waals surface area contributed by atoms with E-state index in [0.717, 1.165) is 42.5 Å². The molecule has 1 saturated carbocycles. The fourth-order valence-electron chi connectivity index (χ4n) is 2.70. The average molecular weight is 616 g/mol. The standard InChI is InChI=1S/C11H11BrO3.C10H9BrO3.C4H8O2/c1-14-11(13)7-2-5-10(9(12)6-7)15-8-3-4-8;1-3-14-9-5-4-7(6-8(9)11)10(12)13-2;5-4-2-1-3-6-4/h2,5-6,8H,3-4H2,1H3;3-6H,1H2,2H3;4-5H,1-3H2. The van der Waals surface area contributed by atoms with E-state index >= 15 is 0 Å². The molecule has 4 rings (SSSR count). The first kappa shape index (κ1) is 28.8. The summed E-state index contributed by atoms with van der Waals surface area (Å²) in [7, 11) is 2.70. The Balaban J connectivity index is 0.000000201. The summed E-state index contributed by atoms with van der Waals surface area (Å²) in [6, 6.07) is 10.1. The summed E-state index contributed by atoms with van der Waals surface area (Å²) in [6.45, 7) is 4.17. The van der Waals surface area contributed by atoms with Gasteiger partial charge in [0.05, 0.1) is 46.7 Å². The Kier molecular flexibility index (Phi) is 12.3. The van der Waals surface area contributed by atoms with E-state index in [2.05, 4.69) is 47.9 Å². The third-order valence-corrected chi connectivity index (χ3v) is 5.88. The zero-order chi connectivity index (χ0) is 25.8. The second-order valence-corrected chi connectivity index (χ2v) is 9.05. The molecule has 8 nitrogen and oxygen atoms in total. The van der Waals surface area contributed by atoms with Gasteiger partial charge >= 0.3 is 11.9 Å². The van der Waals surface area contributed by atoms with E-state index < -0.39 is 6.29 Å². The van der Waals surface area contributed by atoms with E-state index in [1.807, 2.05) is 0 Å². The Labute approximate surface area is 221 Å². The number of rotatable bonds is 6. The monoisotopic (exact) mass is 614 g/mol. The molecule has 0 bridgehead atoms. The van der Waals surface area contributed by atoms with Crippen LogP contribution in [0.25, 0.3) is 0 Å². The molecule has 0 radical (unpaired) electrons. The first-order valence-corrected chi connectivity index (χ1v) is 12.4. The number of aliphatic hydroxyl groups excluding tert-OH is 1. The molecule has 35 heavy (non-hydrogen) atoms. The van der Waals surface area contributed by atoms with Crippen molar-refractivity contribution in [3.8, 4) is 11.5 Å². The summed E-state index contributed by atoms with van der Waals surface area (Å²) in [5, 5.41) is 8.51. The molecule has 0 aromatic heterocycles. The quantitative estimate of drug-likeness (QED) is 0.329. The Morgan fingerprint density at radius 1 is 0.971 bits per heavy atom. The van der Waals surface area contributed by atoms with E-state index in [0.29, 0.717) is 27.5 Å². The van der Waals surface area contributed by atoms with Crippen LogP contribution in [0.5, 0.6) is 11.5 Å². The van der Waals surface area contributed by atoms with Crippen LogP contribution < -0.4 is 9.47 Å². The SMILES string of the molecule is C=COc1ccc(C(=O)OC)cc1Br.COC(=O)c1ccc(OC2CC2)c(Br)c1.OC1CCCO1. The Bertz CT molecular complexity index is 1000. The minimum atomic E-state index is -0.454. The number of esters is 2. The lowest BCUT2D eigenvalue weighted by molar-refractivity contribution is -0.0589. The first-order valence-electron chi connectivity index (χ1n) is 10.8.